The summed E-state index contributed by atoms with van der Waals surface area (Å²) in [4.78, 5) is 131. The first-order valence-electron chi connectivity index (χ1n) is 33.1. The summed E-state index contributed by atoms with van der Waals surface area (Å²) >= 11 is 6.40. The molecular weight excluding hydrogens is 1350 g/mol. The number of nitrogens with one attached hydrogen (secondary N) is 7. The fourth-order valence-corrected chi connectivity index (χ4v) is 10.6. The standard InChI is InChI=1S/C67H100ClN7O22S.Na/c1-42(2)37-53-65(85)95-51(14-11-15-56(78)73-50(39-46-20-23-52(90-8)48(68)38-46)63(83)72-41-67(6,7)66(86)96-53)44(5)60-61(97-60)47-21-18-45(19-22-47)40-71-62(82)49(74-64(84)59(43(3)4)75-57(79)16-12-17-58(80)81)13-9-10-26-69-54(76)24-28-91-30-32-93-34-35-94-33-31-92-29-25-55(77)70-27-36-98(87,88)89;/h11,15,18-23,38,42-44,49-51,53,59-61H,9-10,12-14,16-17,24-37,39-41H2,1-8H3,(H,69,76)(H,70,77)(H,71,82)(H,72,83)(H,73,78)(H,74,84)(H,75,79)(H,80,81)(H,87,88,89);/q;+1/p-1/b15-11-;/t44-,49-,50+,51-,53-,59-,60+,61+;/m0./s1. The van der Waals surface area contributed by atoms with E-state index in [0.29, 0.717) is 34.7 Å². The number of cyclic esters (lactones) is 2. The smallest absolute Gasteiger partial charge is 0.748 e. The average molecular weight is 1450 g/mol. The van der Waals surface area contributed by atoms with Gasteiger partial charge in [-0.15, -0.1) is 0 Å². The van der Waals surface area contributed by atoms with Gasteiger partial charge in [0.1, 0.15) is 36.1 Å². The van der Waals surface area contributed by atoms with Gasteiger partial charge in [-0.2, -0.15) is 0 Å². The molecule has 2 aliphatic heterocycles. The van der Waals surface area contributed by atoms with Crippen LogP contribution in [0.1, 0.15) is 135 Å². The Hall–Kier alpha value is -6.32. The van der Waals surface area contributed by atoms with Crippen LogP contribution in [-0.4, -0.2) is 199 Å². The average Bonchev–Trinajstić information content (AvgIpc) is 1.64. The minimum atomic E-state index is -4.41. The molecule has 0 aromatic heterocycles. The van der Waals surface area contributed by atoms with Crippen LogP contribution >= 0.6 is 11.6 Å². The van der Waals surface area contributed by atoms with Gasteiger partial charge in [0.2, 0.25) is 41.4 Å². The second kappa shape index (κ2) is 45.5. The number of carbonyl (C=O) groups is 10. The maximum absolute atomic E-state index is 14.1. The van der Waals surface area contributed by atoms with E-state index in [1.165, 1.54) is 13.2 Å². The van der Waals surface area contributed by atoms with Crippen LogP contribution in [-0.2, 0) is 104 Å². The number of carbonyl (C=O) groups excluding carboxylic acids is 9. The van der Waals surface area contributed by atoms with Gasteiger partial charge in [-0.25, -0.2) is 13.2 Å². The van der Waals surface area contributed by atoms with E-state index in [9.17, 15) is 60.9 Å². The molecule has 0 bridgehead atoms. The zero-order valence-corrected chi connectivity index (χ0v) is 61.8. The molecule has 2 aromatic rings. The van der Waals surface area contributed by atoms with Gasteiger partial charge < -0.3 is 84.8 Å². The van der Waals surface area contributed by atoms with Crippen molar-refractivity contribution in [1.29, 1.82) is 0 Å². The number of carboxylic acids is 1. The first-order valence-corrected chi connectivity index (χ1v) is 35.0. The maximum Gasteiger partial charge on any atom is 1.00 e. The molecule has 8 atom stereocenters. The summed E-state index contributed by atoms with van der Waals surface area (Å²) in [6.07, 6.45) is 0.774. The largest absolute Gasteiger partial charge is 1.00 e. The number of carboxylic acid groups (broad SMARTS) is 1. The van der Waals surface area contributed by atoms with Crippen molar-refractivity contribution in [1.82, 2.24) is 37.2 Å². The summed E-state index contributed by atoms with van der Waals surface area (Å²) in [6.45, 7) is 13.8. The van der Waals surface area contributed by atoms with Crippen molar-refractivity contribution in [3.8, 4) is 5.75 Å². The molecule has 0 unspecified atom stereocenters. The second-order valence-corrected chi connectivity index (χ2v) is 27.2. The van der Waals surface area contributed by atoms with Crippen LogP contribution in [0.25, 0.3) is 0 Å². The number of halogens is 1. The molecule has 548 valence electrons. The molecule has 0 radical (unpaired) electrons. The van der Waals surface area contributed by atoms with Gasteiger partial charge in [0.15, 0.2) is 6.10 Å². The summed E-state index contributed by atoms with van der Waals surface area (Å²) in [5, 5.41) is 28.4. The van der Waals surface area contributed by atoms with Crippen molar-refractivity contribution in [3.05, 3.63) is 76.3 Å². The van der Waals surface area contributed by atoms with E-state index >= 15 is 0 Å². The summed E-state index contributed by atoms with van der Waals surface area (Å²) in [6, 6.07) is 9.09. The van der Waals surface area contributed by atoms with Gasteiger partial charge in [-0.05, 0) is 92.7 Å². The number of methoxy groups -OCH3 is 1. The number of hydrogen-bond acceptors (Lipinski definition) is 21. The topological polar surface area (TPSA) is 409 Å². The Bertz CT molecular complexity index is 3090. The van der Waals surface area contributed by atoms with E-state index in [0.717, 1.165) is 5.56 Å². The molecule has 8 N–H and O–H groups in total. The van der Waals surface area contributed by atoms with Crippen molar-refractivity contribution in [2.75, 3.05) is 85.4 Å². The Kier molecular flexibility index (Phi) is 40.0. The number of epoxide rings is 1. The van der Waals surface area contributed by atoms with Crippen LogP contribution in [0.3, 0.4) is 0 Å². The molecule has 0 aliphatic carbocycles. The minimum Gasteiger partial charge on any atom is -0.748 e. The number of ether oxygens (including phenoxy) is 8. The minimum absolute atomic E-state index is 0. The van der Waals surface area contributed by atoms with Crippen molar-refractivity contribution >= 4 is 81.0 Å². The van der Waals surface area contributed by atoms with E-state index in [1.807, 2.05) is 32.9 Å². The Balaban J connectivity index is 0.0000255. The molecule has 29 nitrogen and oxygen atoms in total. The van der Waals surface area contributed by atoms with Gasteiger partial charge in [0.25, 0.3) is 0 Å². The fourth-order valence-electron chi connectivity index (χ4n) is 9.96. The van der Waals surface area contributed by atoms with Crippen molar-refractivity contribution in [2.24, 2.45) is 23.2 Å². The number of unbranched alkanes of at least 4 members (excludes halogenated alkanes) is 1. The summed E-state index contributed by atoms with van der Waals surface area (Å²) in [7, 11) is -2.93. The number of amides is 7. The number of aliphatic carboxylic acids is 1. The molecule has 2 aromatic carbocycles. The Morgan fingerprint density at radius 3 is 1.93 bits per heavy atom. The van der Waals surface area contributed by atoms with Crippen LogP contribution < -0.4 is 71.5 Å². The molecule has 99 heavy (non-hydrogen) atoms. The molecule has 1 fully saturated rings. The summed E-state index contributed by atoms with van der Waals surface area (Å²) in [5.41, 5.74) is 0.800. The molecule has 0 spiro atoms. The maximum atomic E-state index is 14.1. The predicted molar refractivity (Wildman–Crippen MR) is 356 cm³/mol. The van der Waals surface area contributed by atoms with Crippen molar-refractivity contribution < 1.29 is 133 Å². The second-order valence-electron chi connectivity index (χ2n) is 25.3. The Morgan fingerprint density at radius 1 is 0.747 bits per heavy atom. The molecule has 0 saturated carbocycles. The zero-order valence-electron chi connectivity index (χ0n) is 58.2. The van der Waals surface area contributed by atoms with Crippen LogP contribution in [0.15, 0.2) is 54.6 Å². The van der Waals surface area contributed by atoms with Crippen LogP contribution in [0, 0.1) is 23.2 Å². The first-order chi connectivity index (χ1) is 46.5. The quantitative estimate of drug-likeness (QED) is 0.0147. The van der Waals surface area contributed by atoms with Gasteiger partial charge in [0.05, 0.1) is 92.4 Å². The van der Waals surface area contributed by atoms with Gasteiger partial charge >= 0.3 is 47.5 Å². The third kappa shape index (κ3) is 34.7. The summed E-state index contributed by atoms with van der Waals surface area (Å²) < 4.78 is 77.0. The van der Waals surface area contributed by atoms with Gasteiger partial charge in [0, 0.05) is 70.6 Å². The zero-order chi connectivity index (χ0) is 72.4. The number of rotatable bonds is 42. The van der Waals surface area contributed by atoms with Gasteiger partial charge in [-0.3, -0.25) is 43.2 Å². The first kappa shape index (κ1) is 86.9. The molecule has 2 aliphatic rings. The Morgan fingerprint density at radius 2 is 1.35 bits per heavy atom. The third-order valence-corrected chi connectivity index (χ3v) is 16.7. The molecule has 4 rings (SSSR count). The van der Waals surface area contributed by atoms with E-state index in [-0.39, 0.29) is 178 Å². The van der Waals surface area contributed by atoms with Crippen LogP contribution in [0.5, 0.6) is 5.75 Å². The van der Waals surface area contributed by atoms with Crippen LogP contribution in [0.2, 0.25) is 5.02 Å². The van der Waals surface area contributed by atoms with Gasteiger partial charge in [-0.1, -0.05) is 82.6 Å². The Labute approximate surface area is 606 Å². The van der Waals surface area contributed by atoms with E-state index in [2.05, 4.69) is 37.2 Å². The number of esters is 2. The third-order valence-electron chi connectivity index (χ3n) is 15.7. The monoisotopic (exact) mass is 1440 g/mol. The fraction of sp³-hybridized carbons (Fsp3) is 0.642. The van der Waals surface area contributed by atoms with E-state index in [4.69, 9.17) is 54.6 Å². The molecular formula is C67H99ClN7NaO22S. The normalized spacial score (nSPS) is 19.3. The van der Waals surface area contributed by atoms with E-state index < -0.39 is 129 Å². The molecule has 7 amide bonds. The predicted octanol–water partition coefficient (Wildman–Crippen LogP) is 0.419. The number of hydrogen-bond donors (Lipinski definition) is 8. The van der Waals surface area contributed by atoms with Crippen molar-refractivity contribution in [3.63, 3.8) is 0 Å². The molecule has 1 saturated heterocycles. The number of benzene rings is 2. The van der Waals surface area contributed by atoms with Crippen LogP contribution in [0.4, 0.5) is 0 Å². The molecule has 32 heteroatoms. The van der Waals surface area contributed by atoms with E-state index in [1.54, 1.807) is 64.1 Å². The summed E-state index contributed by atoms with van der Waals surface area (Å²) in [5.74, 6) is -7.31. The SMILES string of the molecule is COc1ccc(C[C@H]2NC(=O)/C=C\C[C@@H]([C@H](C)[C@H]3O[C@@H]3c3ccc(CNC(=O)[C@H](CCCCNC(=O)CCOCCOCCOCCOCCC(=O)NCCS(=O)(=O)[O-])NC(=O)[C@@H](NC(=O)CCCC(=O)O)C(C)C)cc3)OC(=O)[C@H](CC(C)C)OC(=O)C(C)(C)CNC2=O)cc1Cl.[Na+]. The van der Waals surface area contributed by atoms with Crippen molar-refractivity contribution in [2.45, 2.75) is 168 Å². The molecule has 2 heterocycles.